The minimum atomic E-state index is -1.50. The van der Waals surface area contributed by atoms with Crippen LogP contribution in [0.2, 0.25) is 0 Å². The van der Waals surface area contributed by atoms with Crippen molar-refractivity contribution in [3.05, 3.63) is 20.2 Å². The van der Waals surface area contributed by atoms with Gasteiger partial charge < -0.3 is 10.4 Å². The standard InChI is InChI=1S/2HNO3.Sn/c2*2-1(3)4;/h2*(H,2,3,4);/q;;+2. The van der Waals surface area contributed by atoms with Crippen molar-refractivity contribution in [3.63, 3.8) is 0 Å². The van der Waals surface area contributed by atoms with Gasteiger partial charge in [-0.15, -0.1) is 20.2 Å². The van der Waals surface area contributed by atoms with Gasteiger partial charge in [0.25, 0.3) is 10.2 Å². The zero-order valence-corrected chi connectivity index (χ0v) is 6.78. The maximum Gasteiger partial charge on any atom is 2.00 e. The minimum absolute atomic E-state index is 0. The van der Waals surface area contributed by atoms with Gasteiger partial charge in [-0.25, -0.2) is 0 Å². The molecule has 50 valence electrons. The van der Waals surface area contributed by atoms with Crippen LogP contribution in [0.25, 0.3) is 0 Å². The van der Waals surface area contributed by atoms with Crippen LogP contribution in [0.3, 0.4) is 0 Å². The summed E-state index contributed by atoms with van der Waals surface area (Å²) in [5.74, 6) is 0. The smallest absolute Gasteiger partial charge is 0.328 e. The Labute approximate surface area is 65.3 Å². The first kappa shape index (κ1) is 15.7. The van der Waals surface area contributed by atoms with Crippen LogP contribution < -0.4 is 0 Å². The van der Waals surface area contributed by atoms with E-state index < -0.39 is 10.2 Å². The van der Waals surface area contributed by atoms with Crippen molar-refractivity contribution in [1.82, 2.24) is 0 Å². The number of rotatable bonds is 0. The molecule has 0 aliphatic rings. The summed E-state index contributed by atoms with van der Waals surface area (Å²) in [7, 11) is 0. The van der Waals surface area contributed by atoms with E-state index in [0.29, 0.717) is 0 Å². The van der Waals surface area contributed by atoms with Crippen LogP contribution in [-0.4, -0.2) is 44.5 Å². The Morgan fingerprint density at radius 3 is 1.00 bits per heavy atom. The topological polar surface area (TPSA) is 127 Å². The van der Waals surface area contributed by atoms with E-state index in [0.717, 1.165) is 0 Å². The van der Waals surface area contributed by atoms with Crippen molar-refractivity contribution in [2.24, 2.45) is 0 Å². The molecule has 0 aromatic rings. The maximum atomic E-state index is 8.36. The van der Waals surface area contributed by atoms with Gasteiger partial charge in [-0.05, 0) is 0 Å². The normalized spacial score (nSPS) is 5.33. The van der Waals surface area contributed by atoms with Crippen LogP contribution in [0.15, 0.2) is 0 Å². The predicted molar refractivity (Wildman–Crippen MR) is 23.3 cm³/mol. The molecule has 0 aromatic carbocycles. The second-order valence-corrected chi connectivity index (χ2v) is 0.476. The first-order chi connectivity index (χ1) is 3.46. The van der Waals surface area contributed by atoms with Crippen molar-refractivity contribution < 1.29 is 20.6 Å². The minimum Gasteiger partial charge on any atom is -0.328 e. The van der Waals surface area contributed by atoms with Crippen molar-refractivity contribution in [2.45, 2.75) is 0 Å². The molecule has 0 heterocycles. The van der Waals surface area contributed by atoms with Gasteiger partial charge in [0.05, 0.1) is 0 Å². The maximum absolute atomic E-state index is 8.36. The molecule has 0 aromatic heterocycles. The first-order valence-corrected chi connectivity index (χ1v) is 1.13. The fourth-order valence-electron chi connectivity index (χ4n) is 0. The van der Waals surface area contributed by atoms with E-state index in [1.165, 1.54) is 0 Å². The summed E-state index contributed by atoms with van der Waals surface area (Å²) in [6, 6.07) is 0. The third-order valence-electron chi connectivity index (χ3n) is 0. The predicted octanol–water partition coefficient (Wildman–Crippen LogP) is -1.08. The zero-order valence-electron chi connectivity index (χ0n) is 3.92. The molecule has 0 saturated carbocycles. The summed E-state index contributed by atoms with van der Waals surface area (Å²) < 4.78 is 0. The summed E-state index contributed by atoms with van der Waals surface area (Å²) in [5, 5.41) is 27.3. The largest absolute Gasteiger partial charge is 2.00 e. The van der Waals surface area contributed by atoms with Gasteiger partial charge in [0, 0.05) is 0 Å². The summed E-state index contributed by atoms with van der Waals surface area (Å²) in [5.41, 5.74) is 0. The molecule has 0 amide bonds. The summed E-state index contributed by atoms with van der Waals surface area (Å²) in [6.45, 7) is 0. The SMILES string of the molecule is O=[N+]([O-])O.O=[N+]([O-])O.[Sn+2]. The Morgan fingerprint density at radius 1 is 1.00 bits per heavy atom. The van der Waals surface area contributed by atoms with Gasteiger partial charge in [-0.2, -0.15) is 0 Å². The van der Waals surface area contributed by atoms with Gasteiger partial charge in [-0.3, -0.25) is 0 Å². The molecule has 0 aliphatic carbocycles. The Kier molecular flexibility index (Phi) is 17.9. The Hall–Kier alpha value is -0.801. The van der Waals surface area contributed by atoms with Gasteiger partial charge in [0.15, 0.2) is 0 Å². The van der Waals surface area contributed by atoms with Gasteiger partial charge in [-0.1, -0.05) is 0 Å². The summed E-state index contributed by atoms with van der Waals surface area (Å²) in [4.78, 5) is 16.7. The Bertz CT molecular complexity index is 69.1. The van der Waals surface area contributed by atoms with Gasteiger partial charge in [0.2, 0.25) is 0 Å². The first-order valence-electron chi connectivity index (χ1n) is 1.13. The molecule has 0 unspecified atom stereocenters. The average molecular weight is 245 g/mol. The van der Waals surface area contributed by atoms with E-state index in [1.54, 1.807) is 0 Å². The second kappa shape index (κ2) is 10.2. The third-order valence-corrected chi connectivity index (χ3v) is 0. The van der Waals surface area contributed by atoms with Crippen LogP contribution in [0.5, 0.6) is 0 Å². The fraction of sp³-hybridized carbons (Fsp3) is 0. The second-order valence-electron chi connectivity index (χ2n) is 0.476. The van der Waals surface area contributed by atoms with E-state index >= 15 is 0 Å². The van der Waals surface area contributed by atoms with Crippen molar-refractivity contribution in [2.75, 3.05) is 0 Å². The monoisotopic (exact) mass is 246 g/mol. The van der Waals surface area contributed by atoms with Crippen molar-refractivity contribution in [3.8, 4) is 0 Å². The van der Waals surface area contributed by atoms with Crippen LogP contribution in [0.1, 0.15) is 0 Å². The molecule has 0 saturated heterocycles. The van der Waals surface area contributed by atoms with Gasteiger partial charge >= 0.3 is 23.9 Å². The van der Waals surface area contributed by atoms with Crippen LogP contribution in [0.4, 0.5) is 0 Å². The van der Waals surface area contributed by atoms with Crippen molar-refractivity contribution in [1.29, 1.82) is 0 Å². The van der Waals surface area contributed by atoms with E-state index in [9.17, 15) is 0 Å². The molecule has 0 spiro atoms. The van der Waals surface area contributed by atoms with Crippen molar-refractivity contribution >= 4 is 23.9 Å². The van der Waals surface area contributed by atoms with E-state index in [4.69, 9.17) is 30.6 Å². The zero-order chi connectivity index (χ0) is 7.15. The summed E-state index contributed by atoms with van der Waals surface area (Å²) in [6.07, 6.45) is 0. The summed E-state index contributed by atoms with van der Waals surface area (Å²) >= 11 is 0. The molecule has 9 heavy (non-hydrogen) atoms. The number of hydrogen-bond acceptors (Lipinski definition) is 4. The Balaban J connectivity index is -0.0000000720. The van der Waals surface area contributed by atoms with E-state index in [1.807, 2.05) is 0 Å². The molecule has 0 aliphatic heterocycles. The Morgan fingerprint density at radius 2 is 1.00 bits per heavy atom. The third kappa shape index (κ3) is 303. The molecule has 0 bridgehead atoms. The molecule has 0 rings (SSSR count). The average Bonchev–Trinajstić information content (AvgIpc) is 1.25. The van der Waals surface area contributed by atoms with E-state index in [2.05, 4.69) is 0 Å². The van der Waals surface area contributed by atoms with Crippen LogP contribution in [-0.2, 0) is 0 Å². The molecule has 0 atom stereocenters. The molecule has 9 heteroatoms. The van der Waals surface area contributed by atoms with Crippen LogP contribution >= 0.6 is 0 Å². The number of hydrogen-bond donors (Lipinski definition) is 2. The molecule has 8 nitrogen and oxygen atoms in total. The molecular weight excluding hydrogens is 243 g/mol. The van der Waals surface area contributed by atoms with E-state index in [-0.39, 0.29) is 23.9 Å². The number of nitrogens with zero attached hydrogens (tertiary/aromatic N) is 2. The fourth-order valence-corrected chi connectivity index (χ4v) is 0. The molecule has 2 radical (unpaired) electrons. The van der Waals surface area contributed by atoms with Crippen LogP contribution in [0, 0.1) is 20.2 Å². The molecular formula is H2N2O6Sn+2. The quantitative estimate of drug-likeness (QED) is 0.317. The molecule has 0 fully saturated rings. The van der Waals surface area contributed by atoms with Gasteiger partial charge in [0.1, 0.15) is 0 Å². The molecule has 2 N–H and O–H groups in total.